The van der Waals surface area contributed by atoms with Crippen molar-refractivity contribution in [3.05, 3.63) is 53.3 Å². The molecule has 1 amide bonds. The number of methoxy groups -OCH3 is 2. The van der Waals surface area contributed by atoms with Crippen LogP contribution in [0.15, 0.2) is 42.0 Å². The Morgan fingerprint density at radius 3 is 2.67 bits per heavy atom. The van der Waals surface area contributed by atoms with Gasteiger partial charge < -0.3 is 9.47 Å². The minimum Gasteiger partial charge on any atom is -0.493 e. The molecular formula is C21H21N5O3S. The topological polar surface area (TPSA) is 90.6 Å². The molecule has 3 heterocycles. The van der Waals surface area contributed by atoms with E-state index in [1.54, 1.807) is 24.8 Å². The van der Waals surface area contributed by atoms with Crippen molar-refractivity contribution in [2.45, 2.75) is 19.8 Å². The molecule has 4 rings (SSSR count). The number of rotatable bonds is 6. The van der Waals surface area contributed by atoms with Crippen molar-refractivity contribution in [3.63, 3.8) is 0 Å². The number of aromatic nitrogens is 4. The third-order valence-electron chi connectivity index (χ3n) is 4.66. The van der Waals surface area contributed by atoms with Crippen LogP contribution in [-0.2, 0) is 0 Å². The Labute approximate surface area is 177 Å². The van der Waals surface area contributed by atoms with Gasteiger partial charge in [0.2, 0.25) is 0 Å². The molecule has 0 bridgehead atoms. The molecule has 0 fully saturated rings. The summed E-state index contributed by atoms with van der Waals surface area (Å²) in [6.07, 6.45) is 1.49. The number of thiazole rings is 1. The number of amides is 1. The first-order valence-electron chi connectivity index (χ1n) is 9.33. The van der Waals surface area contributed by atoms with Crippen LogP contribution < -0.4 is 14.8 Å². The Morgan fingerprint density at radius 2 is 1.93 bits per heavy atom. The molecule has 0 spiro atoms. The van der Waals surface area contributed by atoms with E-state index in [0.717, 1.165) is 17.0 Å². The zero-order valence-electron chi connectivity index (χ0n) is 17.0. The summed E-state index contributed by atoms with van der Waals surface area (Å²) in [6.45, 7) is 4.10. The fraction of sp³-hybridized carbons (Fsp3) is 0.238. The highest BCUT2D eigenvalue weighted by Gasteiger charge is 2.16. The van der Waals surface area contributed by atoms with Crippen LogP contribution >= 0.6 is 11.3 Å². The summed E-state index contributed by atoms with van der Waals surface area (Å²) in [5.41, 5.74) is 3.68. The van der Waals surface area contributed by atoms with Gasteiger partial charge in [0.1, 0.15) is 6.33 Å². The molecule has 1 aromatic carbocycles. The first-order chi connectivity index (χ1) is 14.5. The molecule has 0 saturated carbocycles. The smallest absolute Gasteiger partial charge is 0.257 e. The summed E-state index contributed by atoms with van der Waals surface area (Å²) in [7, 11) is 3.18. The van der Waals surface area contributed by atoms with E-state index in [1.807, 2.05) is 43.5 Å². The monoisotopic (exact) mass is 423 g/mol. The quantitative estimate of drug-likeness (QED) is 0.499. The van der Waals surface area contributed by atoms with Crippen molar-refractivity contribution in [2.24, 2.45) is 0 Å². The lowest BCUT2D eigenvalue weighted by atomic mass is 10.1. The number of ether oxygens (including phenoxy) is 2. The second-order valence-corrected chi connectivity index (χ2v) is 7.77. The normalized spacial score (nSPS) is 11.1. The van der Waals surface area contributed by atoms with Gasteiger partial charge in [-0.05, 0) is 36.2 Å². The minimum atomic E-state index is -0.240. The molecule has 0 aliphatic heterocycles. The highest BCUT2D eigenvalue weighted by Crippen LogP contribution is 2.33. The molecule has 0 aliphatic carbocycles. The van der Waals surface area contributed by atoms with Crippen molar-refractivity contribution in [2.75, 3.05) is 19.5 Å². The molecule has 0 saturated heterocycles. The van der Waals surface area contributed by atoms with Crippen molar-refractivity contribution >= 4 is 28.0 Å². The summed E-state index contributed by atoms with van der Waals surface area (Å²) in [6, 6.07) is 9.14. The number of anilines is 1. The van der Waals surface area contributed by atoms with Gasteiger partial charge in [-0.1, -0.05) is 13.8 Å². The third kappa shape index (κ3) is 3.71. The van der Waals surface area contributed by atoms with Gasteiger partial charge in [-0.25, -0.2) is 14.5 Å². The Kier molecular flexibility index (Phi) is 5.37. The number of carbonyl (C=O) groups is 1. The molecule has 3 aromatic heterocycles. The SMILES string of the molecule is COc1ccc(-c2csc(NC(=O)c3cc(C(C)C)n4ncnc4c3)n2)cc1OC. The molecule has 154 valence electrons. The van der Waals surface area contributed by atoms with Gasteiger partial charge in [-0.15, -0.1) is 11.3 Å². The van der Waals surface area contributed by atoms with Crippen LogP contribution in [0.5, 0.6) is 11.5 Å². The maximum atomic E-state index is 12.8. The van der Waals surface area contributed by atoms with Gasteiger partial charge in [0, 0.05) is 22.2 Å². The van der Waals surface area contributed by atoms with Crippen molar-refractivity contribution in [1.82, 2.24) is 19.6 Å². The van der Waals surface area contributed by atoms with Crippen LogP contribution in [-0.4, -0.2) is 39.7 Å². The molecular weight excluding hydrogens is 402 g/mol. The molecule has 30 heavy (non-hydrogen) atoms. The Hall–Kier alpha value is -3.46. The van der Waals surface area contributed by atoms with Crippen molar-refractivity contribution in [3.8, 4) is 22.8 Å². The summed E-state index contributed by atoms with van der Waals surface area (Å²) in [4.78, 5) is 21.6. The molecule has 1 N–H and O–H groups in total. The van der Waals surface area contributed by atoms with Crippen molar-refractivity contribution in [1.29, 1.82) is 0 Å². The number of hydrogen-bond acceptors (Lipinski definition) is 7. The molecule has 0 atom stereocenters. The van der Waals surface area contributed by atoms with E-state index in [4.69, 9.17) is 9.47 Å². The first kappa shape index (κ1) is 19.8. The zero-order valence-corrected chi connectivity index (χ0v) is 17.9. The second-order valence-electron chi connectivity index (χ2n) is 6.92. The lowest BCUT2D eigenvalue weighted by Gasteiger charge is -2.10. The maximum absolute atomic E-state index is 12.8. The van der Waals surface area contributed by atoms with Gasteiger partial charge in [0.25, 0.3) is 5.91 Å². The number of pyridine rings is 1. The average molecular weight is 423 g/mol. The third-order valence-corrected chi connectivity index (χ3v) is 5.42. The number of benzene rings is 1. The Morgan fingerprint density at radius 1 is 1.13 bits per heavy atom. The van der Waals surface area contributed by atoms with Crippen LogP contribution in [0, 0.1) is 0 Å². The molecule has 0 radical (unpaired) electrons. The standard InChI is InChI=1S/C21H21N5O3S/c1-12(2)16-7-14(9-19-22-11-23-26(16)19)20(27)25-21-24-15(10-30-21)13-5-6-17(28-3)18(8-13)29-4/h5-12H,1-4H3,(H,24,25,27). The minimum absolute atomic E-state index is 0.193. The van der Waals surface area contributed by atoms with Crippen LogP contribution in [0.25, 0.3) is 16.9 Å². The lowest BCUT2D eigenvalue weighted by molar-refractivity contribution is 0.102. The number of hydrogen-bond donors (Lipinski definition) is 1. The summed E-state index contributed by atoms with van der Waals surface area (Å²) in [5, 5.41) is 9.51. The van der Waals surface area contributed by atoms with E-state index < -0.39 is 0 Å². The van der Waals surface area contributed by atoms with E-state index in [9.17, 15) is 4.79 Å². The van der Waals surface area contributed by atoms with E-state index in [1.165, 1.54) is 17.7 Å². The Balaban J connectivity index is 1.58. The number of nitrogens with one attached hydrogen (secondary N) is 1. The van der Waals surface area contributed by atoms with Gasteiger partial charge in [-0.2, -0.15) is 5.10 Å². The predicted molar refractivity (Wildman–Crippen MR) is 116 cm³/mol. The predicted octanol–water partition coefficient (Wildman–Crippen LogP) is 4.25. The number of carbonyl (C=O) groups excluding carboxylic acids is 1. The molecule has 4 aromatic rings. The Bertz CT molecular complexity index is 1210. The second kappa shape index (κ2) is 8.11. The largest absolute Gasteiger partial charge is 0.493 e. The zero-order chi connectivity index (χ0) is 21.3. The van der Waals surface area contributed by atoms with Crippen LogP contribution in [0.1, 0.15) is 35.8 Å². The highest BCUT2D eigenvalue weighted by atomic mass is 32.1. The fourth-order valence-electron chi connectivity index (χ4n) is 3.12. The molecule has 0 unspecified atom stereocenters. The average Bonchev–Trinajstić information content (AvgIpc) is 3.41. The van der Waals surface area contributed by atoms with E-state index in [0.29, 0.717) is 27.8 Å². The summed E-state index contributed by atoms with van der Waals surface area (Å²) in [5.74, 6) is 1.22. The maximum Gasteiger partial charge on any atom is 0.257 e. The van der Waals surface area contributed by atoms with Crippen LogP contribution in [0.2, 0.25) is 0 Å². The molecule has 0 aliphatic rings. The first-order valence-corrected chi connectivity index (χ1v) is 10.2. The summed E-state index contributed by atoms with van der Waals surface area (Å²) < 4.78 is 12.4. The molecule has 9 heteroatoms. The van der Waals surface area contributed by atoms with E-state index >= 15 is 0 Å². The highest BCUT2D eigenvalue weighted by molar-refractivity contribution is 7.14. The van der Waals surface area contributed by atoms with Gasteiger partial charge in [0.05, 0.1) is 19.9 Å². The molecule has 8 nitrogen and oxygen atoms in total. The van der Waals surface area contributed by atoms with E-state index in [-0.39, 0.29) is 11.8 Å². The number of nitrogens with zero attached hydrogens (tertiary/aromatic N) is 4. The van der Waals surface area contributed by atoms with Gasteiger partial charge >= 0.3 is 0 Å². The summed E-state index contributed by atoms with van der Waals surface area (Å²) >= 11 is 1.36. The van der Waals surface area contributed by atoms with E-state index in [2.05, 4.69) is 20.4 Å². The number of fused-ring (bicyclic) bond motifs is 1. The van der Waals surface area contributed by atoms with Crippen LogP contribution in [0.3, 0.4) is 0 Å². The van der Waals surface area contributed by atoms with Gasteiger partial charge in [0.15, 0.2) is 22.3 Å². The van der Waals surface area contributed by atoms with Crippen molar-refractivity contribution < 1.29 is 14.3 Å². The van der Waals surface area contributed by atoms with Gasteiger partial charge in [-0.3, -0.25) is 10.1 Å². The fourth-order valence-corrected chi connectivity index (χ4v) is 3.83. The van der Waals surface area contributed by atoms with Crippen LogP contribution in [0.4, 0.5) is 5.13 Å². The lowest BCUT2D eigenvalue weighted by Crippen LogP contribution is -2.14.